The Bertz CT molecular complexity index is 1450. The fraction of sp³-hybridized carbons (Fsp3) is 0.357. The number of nitrogens with zero attached hydrogens (tertiary/aromatic N) is 3. The highest BCUT2D eigenvalue weighted by atomic mass is 35.5. The van der Waals surface area contributed by atoms with E-state index in [-0.39, 0.29) is 34.1 Å². The maximum absolute atomic E-state index is 13.8. The number of ether oxygens (including phenoxy) is 1. The van der Waals surface area contributed by atoms with E-state index in [0.29, 0.717) is 50.2 Å². The Morgan fingerprint density at radius 1 is 1.05 bits per heavy atom. The van der Waals surface area contributed by atoms with E-state index in [0.717, 1.165) is 5.56 Å². The van der Waals surface area contributed by atoms with E-state index in [4.69, 9.17) is 27.9 Å². The SMILES string of the molecule is O=C(COCC1CCc2ccccc2N1S(=O)(=O)c1ccc(Cl)c(Cl)c1)N1CCC(O)(c2ccccn2)CC1. The van der Waals surface area contributed by atoms with Crippen LogP contribution in [0.15, 0.2) is 71.8 Å². The Morgan fingerprint density at radius 3 is 2.51 bits per heavy atom. The van der Waals surface area contributed by atoms with Crippen molar-refractivity contribution in [2.45, 2.75) is 42.2 Å². The van der Waals surface area contributed by atoms with E-state index < -0.39 is 21.7 Å². The number of aromatic nitrogens is 1. The number of likely N-dealkylation sites (tertiary alicyclic amines) is 1. The van der Waals surface area contributed by atoms with Gasteiger partial charge in [0.25, 0.3) is 10.0 Å². The van der Waals surface area contributed by atoms with Crippen LogP contribution in [0.25, 0.3) is 0 Å². The number of benzene rings is 2. The van der Waals surface area contributed by atoms with E-state index in [2.05, 4.69) is 4.98 Å². The van der Waals surface area contributed by atoms with Crippen LogP contribution in [0.1, 0.15) is 30.5 Å². The highest BCUT2D eigenvalue weighted by molar-refractivity contribution is 7.92. The Morgan fingerprint density at radius 2 is 1.79 bits per heavy atom. The fourth-order valence-corrected chi connectivity index (χ4v) is 7.29. The number of fused-ring (bicyclic) bond motifs is 1. The summed E-state index contributed by atoms with van der Waals surface area (Å²) in [6.45, 7) is 0.626. The predicted octanol–water partition coefficient (Wildman–Crippen LogP) is 4.43. The van der Waals surface area contributed by atoms with E-state index in [1.807, 2.05) is 18.2 Å². The molecule has 39 heavy (non-hydrogen) atoms. The molecule has 1 N–H and O–H groups in total. The molecule has 2 aliphatic heterocycles. The van der Waals surface area contributed by atoms with Gasteiger partial charge >= 0.3 is 0 Å². The summed E-state index contributed by atoms with van der Waals surface area (Å²) in [7, 11) is -3.99. The van der Waals surface area contributed by atoms with Crippen LogP contribution in [0.5, 0.6) is 0 Å². The number of aryl methyl sites for hydroxylation is 1. The van der Waals surface area contributed by atoms with E-state index in [9.17, 15) is 18.3 Å². The number of sulfonamides is 1. The normalized spacial score (nSPS) is 19.0. The highest BCUT2D eigenvalue weighted by Gasteiger charge is 2.38. The fourth-order valence-electron chi connectivity index (χ4n) is 5.19. The summed E-state index contributed by atoms with van der Waals surface area (Å²) in [5.74, 6) is -0.201. The van der Waals surface area contributed by atoms with Gasteiger partial charge in [0.15, 0.2) is 0 Å². The minimum atomic E-state index is -3.99. The number of para-hydroxylation sites is 1. The zero-order chi connectivity index (χ0) is 27.6. The molecule has 1 atom stereocenters. The highest BCUT2D eigenvalue weighted by Crippen LogP contribution is 2.37. The first kappa shape index (κ1) is 27.9. The third-order valence-electron chi connectivity index (χ3n) is 7.38. The van der Waals surface area contributed by atoms with Crippen molar-refractivity contribution in [2.24, 2.45) is 0 Å². The number of anilines is 1. The maximum atomic E-state index is 13.8. The van der Waals surface area contributed by atoms with Crippen LogP contribution in [0, 0.1) is 0 Å². The summed E-state index contributed by atoms with van der Waals surface area (Å²) in [5.41, 5.74) is 1.05. The Labute approximate surface area is 238 Å². The monoisotopic (exact) mass is 589 g/mol. The minimum Gasteiger partial charge on any atom is -0.383 e. The van der Waals surface area contributed by atoms with Gasteiger partial charge in [-0.15, -0.1) is 0 Å². The van der Waals surface area contributed by atoms with E-state index >= 15 is 0 Å². The van der Waals surface area contributed by atoms with Gasteiger partial charge in [0.05, 0.1) is 39.0 Å². The number of carbonyl (C=O) groups is 1. The number of hydrogen-bond acceptors (Lipinski definition) is 6. The number of carbonyl (C=O) groups excluding carboxylic acids is 1. The first-order chi connectivity index (χ1) is 18.7. The molecule has 3 heterocycles. The molecule has 3 aromatic rings. The molecule has 8 nitrogen and oxygen atoms in total. The molecule has 0 radical (unpaired) electrons. The molecule has 1 amide bonds. The largest absolute Gasteiger partial charge is 0.383 e. The lowest BCUT2D eigenvalue weighted by molar-refractivity contribution is -0.140. The number of pyridine rings is 1. The van der Waals surface area contributed by atoms with Gasteiger partial charge in [-0.3, -0.25) is 14.1 Å². The number of hydrogen-bond donors (Lipinski definition) is 1. The lowest BCUT2D eigenvalue weighted by Crippen LogP contribution is -2.48. The Balaban J connectivity index is 1.26. The summed E-state index contributed by atoms with van der Waals surface area (Å²) in [5, 5.41) is 11.4. The number of piperidine rings is 1. The van der Waals surface area contributed by atoms with Gasteiger partial charge in [0.2, 0.25) is 5.91 Å². The summed E-state index contributed by atoms with van der Waals surface area (Å²) in [6, 6.07) is 16.5. The third-order valence-corrected chi connectivity index (χ3v) is 9.98. The van der Waals surface area contributed by atoms with Gasteiger partial charge in [0, 0.05) is 19.3 Å². The van der Waals surface area contributed by atoms with Crippen molar-refractivity contribution >= 4 is 44.8 Å². The van der Waals surface area contributed by atoms with Gasteiger partial charge in [-0.25, -0.2) is 8.42 Å². The van der Waals surface area contributed by atoms with Crippen molar-refractivity contribution in [2.75, 3.05) is 30.6 Å². The van der Waals surface area contributed by atoms with E-state index in [1.54, 1.807) is 35.4 Å². The number of aliphatic hydroxyl groups is 1. The zero-order valence-electron chi connectivity index (χ0n) is 21.2. The van der Waals surface area contributed by atoms with Crippen molar-refractivity contribution in [3.63, 3.8) is 0 Å². The molecule has 0 bridgehead atoms. The average molecular weight is 591 g/mol. The second-order valence-electron chi connectivity index (χ2n) is 9.84. The van der Waals surface area contributed by atoms with Crippen LogP contribution in [0.4, 0.5) is 5.69 Å². The van der Waals surface area contributed by atoms with Crippen molar-refractivity contribution in [3.05, 3.63) is 88.2 Å². The van der Waals surface area contributed by atoms with Crippen LogP contribution in [0.2, 0.25) is 10.0 Å². The molecule has 5 rings (SSSR count). The molecular weight excluding hydrogens is 561 g/mol. The molecule has 1 unspecified atom stereocenters. The quantitative estimate of drug-likeness (QED) is 0.438. The topological polar surface area (TPSA) is 100 Å². The standard InChI is InChI=1S/C28H29Cl2N3O5S/c29-23-11-10-22(17-24(23)30)39(36,37)33-21(9-8-20-5-1-2-6-25(20)33)18-38-19-27(34)32-15-12-28(35,13-16-32)26-7-3-4-14-31-26/h1-7,10-11,14,17,21,35H,8-9,12-13,15-16,18-19H2. The Hall–Kier alpha value is -2.69. The molecule has 2 aromatic carbocycles. The first-order valence-corrected chi connectivity index (χ1v) is 15.0. The van der Waals surface area contributed by atoms with Crippen LogP contribution in [-0.2, 0) is 31.6 Å². The number of rotatable bonds is 7. The second-order valence-corrected chi connectivity index (χ2v) is 12.5. The van der Waals surface area contributed by atoms with Crippen molar-refractivity contribution in [3.8, 4) is 0 Å². The molecule has 0 saturated carbocycles. The molecule has 206 valence electrons. The molecule has 1 fully saturated rings. The van der Waals surface area contributed by atoms with Gasteiger partial charge in [-0.2, -0.15) is 0 Å². The lowest BCUT2D eigenvalue weighted by atomic mass is 9.88. The first-order valence-electron chi connectivity index (χ1n) is 12.8. The summed E-state index contributed by atoms with van der Waals surface area (Å²) in [6.07, 6.45) is 3.62. The van der Waals surface area contributed by atoms with Crippen molar-refractivity contribution in [1.29, 1.82) is 0 Å². The summed E-state index contributed by atoms with van der Waals surface area (Å²) < 4.78 is 34.8. The van der Waals surface area contributed by atoms with Crippen molar-refractivity contribution in [1.82, 2.24) is 9.88 Å². The van der Waals surface area contributed by atoms with Crippen molar-refractivity contribution < 1.29 is 23.1 Å². The summed E-state index contributed by atoms with van der Waals surface area (Å²) in [4.78, 5) is 18.9. The van der Waals surface area contributed by atoms with Crippen LogP contribution in [-0.4, -0.2) is 61.7 Å². The molecule has 11 heteroatoms. The van der Waals surface area contributed by atoms with Gasteiger partial charge < -0.3 is 14.7 Å². The zero-order valence-corrected chi connectivity index (χ0v) is 23.5. The summed E-state index contributed by atoms with van der Waals surface area (Å²) >= 11 is 12.2. The molecule has 1 aromatic heterocycles. The predicted molar refractivity (Wildman–Crippen MR) is 149 cm³/mol. The third kappa shape index (κ3) is 5.78. The van der Waals surface area contributed by atoms with E-state index in [1.165, 1.54) is 22.5 Å². The minimum absolute atomic E-state index is 0.0309. The van der Waals surface area contributed by atoms with Gasteiger partial charge in [-0.1, -0.05) is 47.5 Å². The van der Waals surface area contributed by atoms with Crippen LogP contribution in [0.3, 0.4) is 0 Å². The Kier molecular flexibility index (Phi) is 8.16. The van der Waals surface area contributed by atoms with Crippen LogP contribution < -0.4 is 4.31 Å². The molecule has 1 saturated heterocycles. The molecule has 0 aliphatic carbocycles. The maximum Gasteiger partial charge on any atom is 0.264 e. The number of amides is 1. The number of halogens is 2. The molecular formula is C28H29Cl2N3O5S. The lowest BCUT2D eigenvalue weighted by Gasteiger charge is -2.38. The molecule has 2 aliphatic rings. The second kappa shape index (κ2) is 11.4. The van der Waals surface area contributed by atoms with Crippen LogP contribution >= 0.6 is 23.2 Å². The van der Waals surface area contributed by atoms with Gasteiger partial charge in [0.1, 0.15) is 12.2 Å². The smallest absolute Gasteiger partial charge is 0.264 e. The molecule has 0 spiro atoms. The van der Waals surface area contributed by atoms with Gasteiger partial charge in [-0.05, 0) is 67.6 Å². The average Bonchev–Trinajstić information content (AvgIpc) is 2.95.